The number of hydrogen-bond donors (Lipinski definition) is 1. The lowest BCUT2D eigenvalue weighted by Gasteiger charge is -2.04. The van der Waals surface area contributed by atoms with Gasteiger partial charge in [0.05, 0.1) is 17.3 Å². The third kappa shape index (κ3) is 1.54. The first kappa shape index (κ1) is 10.5. The lowest BCUT2D eigenvalue weighted by Crippen LogP contribution is -1.89. The van der Waals surface area contributed by atoms with Crippen molar-refractivity contribution in [3.05, 3.63) is 47.9 Å². The Balaban J connectivity index is 2.27. The highest BCUT2D eigenvalue weighted by molar-refractivity contribution is 5.90. The lowest BCUT2D eigenvalue weighted by molar-refractivity contribution is 1.20. The Kier molecular flexibility index (Phi) is 2.31. The molecular formula is C14H10N4. The predicted octanol–water partition coefficient (Wildman–Crippen LogP) is 2.81. The summed E-state index contributed by atoms with van der Waals surface area (Å²) < 4.78 is 0. The van der Waals surface area contributed by atoms with Crippen LogP contribution in [0, 0.1) is 18.3 Å². The molecule has 0 aliphatic carbocycles. The van der Waals surface area contributed by atoms with E-state index in [0.717, 1.165) is 27.9 Å². The van der Waals surface area contributed by atoms with Crippen molar-refractivity contribution in [2.45, 2.75) is 6.92 Å². The molecule has 86 valence electrons. The number of benzene rings is 1. The van der Waals surface area contributed by atoms with Crippen molar-refractivity contribution < 1.29 is 0 Å². The summed E-state index contributed by atoms with van der Waals surface area (Å²) in [5.74, 6) is 0. The second kappa shape index (κ2) is 3.97. The molecule has 2 aromatic heterocycles. The van der Waals surface area contributed by atoms with Crippen molar-refractivity contribution in [1.29, 1.82) is 5.26 Å². The molecule has 4 heteroatoms. The molecule has 18 heavy (non-hydrogen) atoms. The van der Waals surface area contributed by atoms with E-state index in [1.165, 1.54) is 6.33 Å². The van der Waals surface area contributed by atoms with Crippen molar-refractivity contribution in [2.75, 3.05) is 0 Å². The van der Waals surface area contributed by atoms with Crippen molar-refractivity contribution in [3.8, 4) is 17.3 Å². The number of rotatable bonds is 1. The standard InChI is InChI=1S/C14H10N4/c1-9-2-3-10(6-11(9)7-15)13-12-4-5-16-14(12)18-8-17-13/h2-6,8H,1H3,(H,16,17,18). The van der Waals surface area contributed by atoms with Crippen LogP contribution in [0.4, 0.5) is 0 Å². The summed E-state index contributed by atoms with van der Waals surface area (Å²) in [6.45, 7) is 1.92. The van der Waals surface area contributed by atoms with Crippen molar-refractivity contribution >= 4 is 11.0 Å². The van der Waals surface area contributed by atoms with Crippen LogP contribution in [0.15, 0.2) is 36.8 Å². The van der Waals surface area contributed by atoms with E-state index in [1.54, 1.807) is 0 Å². The van der Waals surface area contributed by atoms with E-state index in [1.807, 2.05) is 37.4 Å². The molecule has 0 radical (unpaired) electrons. The largest absolute Gasteiger partial charge is 0.346 e. The number of H-pyrrole nitrogens is 1. The Morgan fingerprint density at radius 3 is 2.94 bits per heavy atom. The molecule has 0 saturated carbocycles. The van der Waals surface area contributed by atoms with Gasteiger partial charge in [-0.15, -0.1) is 0 Å². The molecule has 1 aromatic carbocycles. The number of aromatic amines is 1. The van der Waals surface area contributed by atoms with Gasteiger partial charge in [-0.3, -0.25) is 0 Å². The zero-order valence-electron chi connectivity index (χ0n) is 9.81. The molecule has 0 fully saturated rings. The maximum Gasteiger partial charge on any atom is 0.141 e. The maximum absolute atomic E-state index is 9.07. The highest BCUT2D eigenvalue weighted by Crippen LogP contribution is 2.26. The van der Waals surface area contributed by atoms with Crippen molar-refractivity contribution in [3.63, 3.8) is 0 Å². The quantitative estimate of drug-likeness (QED) is 0.704. The number of aryl methyl sites for hydroxylation is 1. The van der Waals surface area contributed by atoms with Crippen LogP contribution in [0.25, 0.3) is 22.3 Å². The van der Waals surface area contributed by atoms with Gasteiger partial charge in [0.2, 0.25) is 0 Å². The van der Waals surface area contributed by atoms with Gasteiger partial charge in [0, 0.05) is 17.1 Å². The molecule has 4 nitrogen and oxygen atoms in total. The number of nitrogens with one attached hydrogen (secondary N) is 1. The van der Waals surface area contributed by atoms with Gasteiger partial charge in [-0.2, -0.15) is 5.26 Å². The highest BCUT2D eigenvalue weighted by atomic mass is 14.9. The van der Waals surface area contributed by atoms with E-state index in [4.69, 9.17) is 5.26 Å². The summed E-state index contributed by atoms with van der Waals surface area (Å²) in [5.41, 5.74) is 4.23. The smallest absolute Gasteiger partial charge is 0.141 e. The molecule has 2 heterocycles. The normalized spacial score (nSPS) is 10.4. The van der Waals surface area contributed by atoms with E-state index in [2.05, 4.69) is 21.0 Å². The van der Waals surface area contributed by atoms with Gasteiger partial charge in [-0.25, -0.2) is 9.97 Å². The zero-order valence-corrected chi connectivity index (χ0v) is 9.81. The summed E-state index contributed by atoms with van der Waals surface area (Å²) in [7, 11) is 0. The van der Waals surface area contributed by atoms with Crippen LogP contribution >= 0.6 is 0 Å². The van der Waals surface area contributed by atoms with E-state index in [9.17, 15) is 0 Å². The molecule has 3 aromatic rings. The Labute approximate surface area is 104 Å². The monoisotopic (exact) mass is 234 g/mol. The van der Waals surface area contributed by atoms with Crippen LogP contribution < -0.4 is 0 Å². The van der Waals surface area contributed by atoms with Crippen LogP contribution in [-0.4, -0.2) is 15.0 Å². The van der Waals surface area contributed by atoms with Crippen LogP contribution in [0.5, 0.6) is 0 Å². The van der Waals surface area contributed by atoms with Gasteiger partial charge in [-0.1, -0.05) is 12.1 Å². The number of nitrogens with zero attached hydrogens (tertiary/aromatic N) is 3. The molecule has 1 N–H and O–H groups in total. The Morgan fingerprint density at radius 2 is 2.11 bits per heavy atom. The average Bonchev–Trinajstić information content (AvgIpc) is 2.87. The zero-order chi connectivity index (χ0) is 12.5. The minimum atomic E-state index is 0.676. The van der Waals surface area contributed by atoms with Gasteiger partial charge < -0.3 is 4.98 Å². The topological polar surface area (TPSA) is 65.4 Å². The summed E-state index contributed by atoms with van der Waals surface area (Å²) in [6, 6.07) is 9.92. The van der Waals surface area contributed by atoms with Crippen LogP contribution in [0.1, 0.15) is 11.1 Å². The predicted molar refractivity (Wildman–Crippen MR) is 68.8 cm³/mol. The van der Waals surface area contributed by atoms with Crippen LogP contribution in [0.3, 0.4) is 0 Å². The Hall–Kier alpha value is -2.67. The Bertz CT molecular complexity index is 765. The highest BCUT2D eigenvalue weighted by Gasteiger charge is 2.08. The first-order valence-electron chi connectivity index (χ1n) is 5.59. The molecule has 0 unspecified atom stereocenters. The van der Waals surface area contributed by atoms with Gasteiger partial charge in [0.15, 0.2) is 0 Å². The van der Waals surface area contributed by atoms with Gasteiger partial charge in [-0.05, 0) is 24.6 Å². The van der Waals surface area contributed by atoms with Gasteiger partial charge in [0.25, 0.3) is 0 Å². The molecule has 0 aliphatic rings. The van der Waals surface area contributed by atoms with E-state index < -0.39 is 0 Å². The summed E-state index contributed by atoms with van der Waals surface area (Å²) >= 11 is 0. The van der Waals surface area contributed by atoms with Crippen LogP contribution in [-0.2, 0) is 0 Å². The number of nitriles is 1. The molecule has 0 atom stereocenters. The van der Waals surface area contributed by atoms with Gasteiger partial charge >= 0.3 is 0 Å². The second-order valence-corrected chi connectivity index (χ2v) is 4.10. The fourth-order valence-corrected chi connectivity index (χ4v) is 1.99. The number of aromatic nitrogens is 3. The molecule has 0 aliphatic heterocycles. The van der Waals surface area contributed by atoms with E-state index in [-0.39, 0.29) is 0 Å². The third-order valence-electron chi connectivity index (χ3n) is 2.99. The molecule has 0 spiro atoms. The Morgan fingerprint density at radius 1 is 1.22 bits per heavy atom. The van der Waals surface area contributed by atoms with E-state index >= 15 is 0 Å². The fraction of sp³-hybridized carbons (Fsp3) is 0.0714. The maximum atomic E-state index is 9.07. The summed E-state index contributed by atoms with van der Waals surface area (Å²) in [6.07, 6.45) is 3.36. The third-order valence-corrected chi connectivity index (χ3v) is 2.99. The van der Waals surface area contributed by atoms with Crippen molar-refractivity contribution in [1.82, 2.24) is 15.0 Å². The SMILES string of the molecule is Cc1ccc(-c2ncnc3[nH]ccc23)cc1C#N. The van der Waals surface area contributed by atoms with Crippen LogP contribution in [0.2, 0.25) is 0 Å². The van der Waals surface area contributed by atoms with Crippen molar-refractivity contribution in [2.24, 2.45) is 0 Å². The summed E-state index contributed by atoms with van der Waals surface area (Å²) in [5, 5.41) is 10.0. The minimum Gasteiger partial charge on any atom is -0.346 e. The fourth-order valence-electron chi connectivity index (χ4n) is 1.99. The average molecular weight is 234 g/mol. The first-order valence-corrected chi connectivity index (χ1v) is 5.59. The molecule has 3 rings (SSSR count). The minimum absolute atomic E-state index is 0.676. The molecule has 0 saturated heterocycles. The second-order valence-electron chi connectivity index (χ2n) is 4.10. The molecular weight excluding hydrogens is 224 g/mol. The van der Waals surface area contributed by atoms with E-state index in [0.29, 0.717) is 5.56 Å². The number of fused-ring (bicyclic) bond motifs is 1. The van der Waals surface area contributed by atoms with Gasteiger partial charge in [0.1, 0.15) is 12.0 Å². The summed E-state index contributed by atoms with van der Waals surface area (Å²) in [4.78, 5) is 11.5. The molecule has 0 amide bonds. The first-order chi connectivity index (χ1) is 8.79. The molecule has 0 bridgehead atoms. The lowest BCUT2D eigenvalue weighted by atomic mass is 10.0. The number of hydrogen-bond acceptors (Lipinski definition) is 3.